The Hall–Kier alpha value is -2.48. The highest BCUT2D eigenvalue weighted by atomic mass is 16.7. The van der Waals surface area contributed by atoms with Crippen LogP contribution in [-0.4, -0.2) is 72.9 Å². The normalized spacial score (nSPS) is 21.7. The quantitative estimate of drug-likeness (QED) is 0.344. The fourth-order valence-corrected chi connectivity index (χ4v) is 5.84. The number of carbonyl (C=O) groups is 2. The van der Waals surface area contributed by atoms with E-state index >= 15 is 0 Å². The first-order chi connectivity index (χ1) is 17.8. The van der Waals surface area contributed by atoms with Crippen molar-refractivity contribution in [2.75, 3.05) is 40.1 Å². The average Bonchev–Trinajstić information content (AvgIpc) is 3.48. The predicted octanol–water partition coefficient (Wildman–Crippen LogP) is 5.15. The van der Waals surface area contributed by atoms with Crippen LogP contribution >= 0.6 is 0 Å². The van der Waals surface area contributed by atoms with Gasteiger partial charge in [-0.15, -0.1) is 0 Å². The molecule has 1 N–H and O–H groups in total. The molecule has 0 aromatic heterocycles. The number of aliphatic carboxylic acids is 1. The molecule has 0 bridgehead atoms. The van der Waals surface area contributed by atoms with Gasteiger partial charge in [0.1, 0.15) is 0 Å². The maximum absolute atomic E-state index is 13.5. The number of likely N-dealkylation sites (tertiary alicyclic amines) is 1. The molecule has 1 saturated heterocycles. The molecule has 2 aliphatic rings. The van der Waals surface area contributed by atoms with E-state index in [9.17, 15) is 14.7 Å². The van der Waals surface area contributed by atoms with Crippen molar-refractivity contribution in [1.29, 1.82) is 0 Å². The number of carbonyl (C=O) groups excluding carboxylic acids is 1. The van der Waals surface area contributed by atoms with Gasteiger partial charge in [-0.25, -0.2) is 0 Å². The summed E-state index contributed by atoms with van der Waals surface area (Å²) in [6, 6.07) is 3.54. The summed E-state index contributed by atoms with van der Waals surface area (Å²) >= 11 is 0. The monoisotopic (exact) mass is 518 g/mol. The summed E-state index contributed by atoms with van der Waals surface area (Å²) in [5.74, 6) is 0.417. The van der Waals surface area contributed by atoms with Gasteiger partial charge in [-0.2, -0.15) is 0 Å². The van der Waals surface area contributed by atoms with Gasteiger partial charge in [-0.1, -0.05) is 53.4 Å². The summed E-state index contributed by atoms with van der Waals surface area (Å²) in [4.78, 5) is 30.4. The molecule has 2 unspecified atom stereocenters. The van der Waals surface area contributed by atoms with Gasteiger partial charge in [0.05, 0.1) is 19.6 Å². The van der Waals surface area contributed by atoms with Crippen LogP contribution in [0.25, 0.3) is 0 Å². The third-order valence-electron chi connectivity index (χ3n) is 7.82. The molecule has 2 aliphatic heterocycles. The van der Waals surface area contributed by atoms with Crippen LogP contribution in [0, 0.1) is 11.8 Å². The molecule has 208 valence electrons. The van der Waals surface area contributed by atoms with Crippen molar-refractivity contribution in [3.8, 4) is 17.2 Å². The van der Waals surface area contributed by atoms with Crippen molar-refractivity contribution in [3.63, 3.8) is 0 Å². The number of benzene rings is 1. The molecule has 3 rings (SSSR count). The average molecular weight is 519 g/mol. The lowest BCUT2D eigenvalue weighted by molar-refractivity contribution is -0.144. The van der Waals surface area contributed by atoms with E-state index in [0.717, 1.165) is 63.6 Å². The molecule has 8 nitrogen and oxygen atoms in total. The molecule has 0 spiro atoms. The number of ether oxygens (including phenoxy) is 3. The second kappa shape index (κ2) is 13.9. The molecule has 2 heterocycles. The Kier molecular flexibility index (Phi) is 10.9. The van der Waals surface area contributed by atoms with Crippen LogP contribution in [0.15, 0.2) is 12.1 Å². The first-order valence-corrected chi connectivity index (χ1v) is 14.1. The Balaban J connectivity index is 1.92. The van der Waals surface area contributed by atoms with Gasteiger partial charge in [0.2, 0.25) is 18.4 Å². The summed E-state index contributed by atoms with van der Waals surface area (Å²) in [6.07, 6.45) is 6.85. The van der Waals surface area contributed by atoms with Crippen LogP contribution in [0.1, 0.15) is 84.1 Å². The van der Waals surface area contributed by atoms with Crippen molar-refractivity contribution in [3.05, 3.63) is 17.7 Å². The summed E-state index contributed by atoms with van der Waals surface area (Å²) in [7, 11) is 1.58. The maximum atomic E-state index is 13.5. The van der Waals surface area contributed by atoms with E-state index in [4.69, 9.17) is 14.2 Å². The Labute approximate surface area is 222 Å². The van der Waals surface area contributed by atoms with Crippen molar-refractivity contribution >= 4 is 11.9 Å². The highest BCUT2D eigenvalue weighted by molar-refractivity contribution is 5.79. The number of hydrogen-bond acceptors (Lipinski definition) is 6. The van der Waals surface area contributed by atoms with Crippen LogP contribution in [0.5, 0.6) is 17.2 Å². The molecule has 37 heavy (non-hydrogen) atoms. The zero-order valence-electron chi connectivity index (χ0n) is 23.3. The van der Waals surface area contributed by atoms with E-state index in [2.05, 4.69) is 32.6 Å². The lowest BCUT2D eigenvalue weighted by Crippen LogP contribution is -2.45. The van der Waals surface area contributed by atoms with E-state index < -0.39 is 11.9 Å². The number of carboxylic acid groups (broad SMARTS) is 1. The summed E-state index contributed by atoms with van der Waals surface area (Å²) in [5, 5.41) is 10.5. The molecule has 0 aliphatic carbocycles. The van der Waals surface area contributed by atoms with Gasteiger partial charge in [0, 0.05) is 31.6 Å². The number of rotatable bonds is 15. The van der Waals surface area contributed by atoms with Gasteiger partial charge < -0.3 is 24.2 Å². The van der Waals surface area contributed by atoms with E-state index in [0.29, 0.717) is 29.7 Å². The first-order valence-electron chi connectivity index (χ1n) is 14.1. The number of carboxylic acids is 1. The molecule has 1 amide bonds. The van der Waals surface area contributed by atoms with Gasteiger partial charge in [-0.05, 0) is 42.9 Å². The van der Waals surface area contributed by atoms with E-state index in [1.165, 1.54) is 0 Å². The number of fused-ring (bicyclic) bond motifs is 1. The van der Waals surface area contributed by atoms with Crippen molar-refractivity contribution < 1.29 is 28.9 Å². The predicted molar refractivity (Wildman–Crippen MR) is 143 cm³/mol. The highest BCUT2D eigenvalue weighted by Crippen LogP contribution is 2.47. The zero-order valence-corrected chi connectivity index (χ0v) is 23.3. The second-order valence-corrected chi connectivity index (χ2v) is 10.6. The van der Waals surface area contributed by atoms with E-state index in [1.54, 1.807) is 7.11 Å². The Morgan fingerprint density at radius 2 is 1.84 bits per heavy atom. The number of unbranched alkanes of at least 4 members (excludes halogenated alkanes) is 2. The molecule has 1 aromatic carbocycles. The van der Waals surface area contributed by atoms with Crippen LogP contribution in [0.3, 0.4) is 0 Å². The summed E-state index contributed by atoms with van der Waals surface area (Å²) in [5.41, 5.74) is 0.852. The van der Waals surface area contributed by atoms with E-state index in [-0.39, 0.29) is 31.2 Å². The largest absolute Gasteiger partial charge is 0.493 e. The fourth-order valence-electron chi connectivity index (χ4n) is 5.84. The maximum Gasteiger partial charge on any atom is 0.308 e. The Bertz CT molecular complexity index is 899. The summed E-state index contributed by atoms with van der Waals surface area (Å²) < 4.78 is 16.7. The zero-order chi connectivity index (χ0) is 26.9. The standard InChI is InChI=1S/C29H46N2O6/c1-6-9-12-30(13-10-7-2)26(32)18-31-17-22(27(29(33)34)23(31)14-20(4)11-8-3)21-15-24(35-5)28-25(16-21)36-19-37-28/h15-16,20,22-23,27H,6-14,17-19H2,1-5H3,(H,33,34)/t20?,22-,23+,27?/m1/s1. The third-order valence-corrected chi connectivity index (χ3v) is 7.82. The SMILES string of the molecule is CCCCN(CCCC)C(=O)CN1C[C@H](c2cc(OC)c3c(c2)OCO3)C(C(=O)O)[C@@H]1CC(C)CCC. The lowest BCUT2D eigenvalue weighted by Gasteiger charge is -2.31. The molecule has 1 fully saturated rings. The molecule has 1 aromatic rings. The van der Waals surface area contributed by atoms with Gasteiger partial charge in [0.25, 0.3) is 0 Å². The Morgan fingerprint density at radius 1 is 1.14 bits per heavy atom. The van der Waals surface area contributed by atoms with Crippen molar-refractivity contribution in [2.24, 2.45) is 11.8 Å². The smallest absolute Gasteiger partial charge is 0.308 e. The van der Waals surface area contributed by atoms with Crippen molar-refractivity contribution in [2.45, 2.75) is 84.6 Å². The minimum atomic E-state index is -0.820. The van der Waals surface area contributed by atoms with Gasteiger partial charge >= 0.3 is 5.97 Å². The number of nitrogens with zero attached hydrogens (tertiary/aromatic N) is 2. The minimum absolute atomic E-state index is 0.100. The highest BCUT2D eigenvalue weighted by Gasteiger charge is 2.48. The van der Waals surface area contributed by atoms with E-state index in [1.807, 2.05) is 17.0 Å². The second-order valence-electron chi connectivity index (χ2n) is 10.6. The van der Waals surface area contributed by atoms with Crippen LogP contribution in [0.4, 0.5) is 0 Å². The summed E-state index contributed by atoms with van der Waals surface area (Å²) in [6.45, 7) is 11.0. The van der Waals surface area contributed by atoms with Crippen molar-refractivity contribution in [1.82, 2.24) is 9.80 Å². The first kappa shape index (κ1) is 29.1. The molecular weight excluding hydrogens is 472 g/mol. The van der Waals surface area contributed by atoms with Gasteiger partial charge in [-0.3, -0.25) is 14.5 Å². The molecular formula is C29H46N2O6. The Morgan fingerprint density at radius 3 is 2.43 bits per heavy atom. The number of amides is 1. The lowest BCUT2D eigenvalue weighted by atomic mass is 9.81. The fraction of sp³-hybridized carbons (Fsp3) is 0.724. The van der Waals surface area contributed by atoms with Crippen LogP contribution in [0.2, 0.25) is 0 Å². The molecule has 4 atom stereocenters. The topological polar surface area (TPSA) is 88.5 Å². The molecule has 8 heteroatoms. The number of hydrogen-bond donors (Lipinski definition) is 1. The third kappa shape index (κ3) is 7.09. The van der Waals surface area contributed by atoms with Crippen LogP contribution < -0.4 is 14.2 Å². The molecule has 0 saturated carbocycles. The minimum Gasteiger partial charge on any atom is -0.493 e. The molecule has 0 radical (unpaired) electrons. The van der Waals surface area contributed by atoms with Gasteiger partial charge in [0.15, 0.2) is 11.5 Å². The van der Waals surface area contributed by atoms with Crippen LogP contribution in [-0.2, 0) is 9.59 Å². The number of methoxy groups -OCH3 is 1.